The lowest BCUT2D eigenvalue weighted by molar-refractivity contribution is 0.0689. The van der Waals surface area contributed by atoms with Crippen LogP contribution in [0.1, 0.15) is 10.5 Å². The summed E-state index contributed by atoms with van der Waals surface area (Å²) in [6.45, 7) is 0. The normalized spacial score (nSPS) is 10.5. The van der Waals surface area contributed by atoms with Gasteiger partial charge in [0.2, 0.25) is 0 Å². The van der Waals surface area contributed by atoms with Crippen molar-refractivity contribution < 1.29 is 24.1 Å². The van der Waals surface area contributed by atoms with Gasteiger partial charge in [-0.05, 0) is 18.2 Å². The monoisotopic (exact) mass is 266 g/mol. The Morgan fingerprint density at radius 2 is 2.11 bits per heavy atom. The molecule has 0 fully saturated rings. The Hall–Kier alpha value is -2.57. The minimum Gasteiger partial charge on any atom is -0.504 e. The van der Waals surface area contributed by atoms with E-state index in [9.17, 15) is 14.3 Å². The summed E-state index contributed by atoms with van der Waals surface area (Å²) in [7, 11) is 2.77. The predicted molar refractivity (Wildman–Crippen MR) is 63.8 cm³/mol. The van der Waals surface area contributed by atoms with Crippen molar-refractivity contribution in [1.29, 1.82) is 0 Å². The minimum absolute atomic E-state index is 0.159. The number of halogens is 1. The van der Waals surface area contributed by atoms with Crippen molar-refractivity contribution in [1.82, 2.24) is 9.78 Å². The average Bonchev–Trinajstić information content (AvgIpc) is 2.71. The molecule has 1 aromatic carbocycles. The Labute approximate surface area is 107 Å². The molecule has 0 saturated carbocycles. The molecule has 0 unspecified atom stereocenters. The first-order valence-corrected chi connectivity index (χ1v) is 5.28. The molecular formula is C12H11FN2O4. The fourth-order valence-corrected chi connectivity index (χ4v) is 1.77. The Balaban J connectivity index is 2.56. The maximum atomic E-state index is 13.7. The molecular weight excluding hydrogens is 255 g/mol. The van der Waals surface area contributed by atoms with E-state index in [4.69, 9.17) is 9.84 Å². The molecule has 6 nitrogen and oxygen atoms in total. The van der Waals surface area contributed by atoms with Crippen molar-refractivity contribution in [3.63, 3.8) is 0 Å². The molecule has 0 aliphatic heterocycles. The van der Waals surface area contributed by atoms with Crippen LogP contribution in [0.5, 0.6) is 11.5 Å². The van der Waals surface area contributed by atoms with Crippen molar-refractivity contribution in [2.24, 2.45) is 7.05 Å². The van der Waals surface area contributed by atoms with Crippen molar-refractivity contribution in [2.45, 2.75) is 0 Å². The summed E-state index contributed by atoms with van der Waals surface area (Å²) in [6.07, 6.45) is 0. The number of rotatable bonds is 3. The number of phenolic OH excluding ortho intramolecular Hbond substituents is 1. The number of hydrogen-bond donors (Lipinski definition) is 2. The number of aryl methyl sites for hydroxylation is 1. The lowest BCUT2D eigenvalue weighted by Gasteiger charge is -2.08. The molecule has 0 bridgehead atoms. The molecule has 7 heteroatoms. The van der Waals surface area contributed by atoms with E-state index in [1.807, 2.05) is 0 Å². The number of aromatic carboxylic acids is 1. The molecule has 100 valence electrons. The summed E-state index contributed by atoms with van der Waals surface area (Å²) in [6, 6.07) is 3.72. The van der Waals surface area contributed by atoms with E-state index < -0.39 is 11.8 Å². The van der Waals surface area contributed by atoms with Gasteiger partial charge in [-0.3, -0.25) is 4.68 Å². The van der Waals surface area contributed by atoms with Gasteiger partial charge in [-0.2, -0.15) is 5.10 Å². The molecule has 2 N–H and O–H groups in total. The largest absolute Gasteiger partial charge is 0.504 e. The zero-order valence-corrected chi connectivity index (χ0v) is 10.2. The van der Waals surface area contributed by atoms with Gasteiger partial charge in [0.05, 0.1) is 12.8 Å². The van der Waals surface area contributed by atoms with E-state index in [1.54, 1.807) is 0 Å². The van der Waals surface area contributed by atoms with Gasteiger partial charge >= 0.3 is 5.97 Å². The number of aromatic hydroxyl groups is 1. The average molecular weight is 266 g/mol. The van der Waals surface area contributed by atoms with Crippen LogP contribution in [0.4, 0.5) is 4.39 Å². The third kappa shape index (κ3) is 2.22. The van der Waals surface area contributed by atoms with Gasteiger partial charge in [-0.1, -0.05) is 0 Å². The number of benzene rings is 1. The van der Waals surface area contributed by atoms with E-state index in [1.165, 1.54) is 31.0 Å². The van der Waals surface area contributed by atoms with Gasteiger partial charge in [0.1, 0.15) is 0 Å². The lowest BCUT2D eigenvalue weighted by Crippen LogP contribution is -1.99. The fourth-order valence-electron chi connectivity index (χ4n) is 1.77. The quantitative estimate of drug-likeness (QED) is 0.882. The Kier molecular flexibility index (Phi) is 3.12. The number of aromatic nitrogens is 2. The number of carbonyl (C=O) groups is 1. The van der Waals surface area contributed by atoms with Gasteiger partial charge in [0.15, 0.2) is 23.0 Å². The van der Waals surface area contributed by atoms with E-state index in [0.29, 0.717) is 11.3 Å². The molecule has 1 heterocycles. The van der Waals surface area contributed by atoms with Gasteiger partial charge in [0, 0.05) is 12.6 Å². The first kappa shape index (κ1) is 12.9. The number of methoxy groups -OCH3 is 1. The van der Waals surface area contributed by atoms with Crippen LogP contribution in [0.25, 0.3) is 11.3 Å². The number of nitrogens with zero attached hydrogens (tertiary/aromatic N) is 2. The van der Waals surface area contributed by atoms with Gasteiger partial charge in [-0.15, -0.1) is 0 Å². The standard InChI is InChI=1S/C12H11FN2O4/c1-15-9(5-8(14-15)12(17)18)6-3-7(13)11(19-2)10(16)4-6/h3-5,16H,1-2H3,(H,17,18). The molecule has 0 saturated heterocycles. The number of hydrogen-bond acceptors (Lipinski definition) is 4. The summed E-state index contributed by atoms with van der Waals surface area (Å²) >= 11 is 0. The number of carboxylic acids is 1. The Morgan fingerprint density at radius 1 is 1.42 bits per heavy atom. The molecule has 19 heavy (non-hydrogen) atoms. The highest BCUT2D eigenvalue weighted by atomic mass is 19.1. The molecule has 0 radical (unpaired) electrons. The predicted octanol–water partition coefficient (Wildman–Crippen LogP) is 1.64. The maximum absolute atomic E-state index is 13.7. The molecule has 2 aromatic rings. The summed E-state index contributed by atoms with van der Waals surface area (Å²) < 4.78 is 19.7. The van der Waals surface area contributed by atoms with Crippen LogP contribution in [0.15, 0.2) is 18.2 Å². The Bertz CT molecular complexity index is 628. The van der Waals surface area contributed by atoms with E-state index >= 15 is 0 Å². The van der Waals surface area contributed by atoms with Crippen molar-refractivity contribution in [3.05, 3.63) is 29.7 Å². The maximum Gasteiger partial charge on any atom is 0.356 e. The third-order valence-corrected chi connectivity index (χ3v) is 2.62. The summed E-state index contributed by atoms with van der Waals surface area (Å²) in [5, 5.41) is 22.2. The first-order chi connectivity index (χ1) is 8.93. The molecule has 0 spiro atoms. The molecule has 2 rings (SSSR count). The summed E-state index contributed by atoms with van der Waals surface area (Å²) in [4.78, 5) is 10.8. The first-order valence-electron chi connectivity index (χ1n) is 5.28. The third-order valence-electron chi connectivity index (χ3n) is 2.62. The number of ether oxygens (including phenoxy) is 1. The van der Waals surface area contributed by atoms with Crippen LogP contribution in [-0.4, -0.2) is 33.1 Å². The van der Waals surface area contributed by atoms with Crippen LogP contribution in [0, 0.1) is 5.82 Å². The molecule has 0 atom stereocenters. The highest BCUT2D eigenvalue weighted by molar-refractivity contribution is 5.87. The molecule has 0 aliphatic rings. The van der Waals surface area contributed by atoms with Gasteiger partial charge in [0.25, 0.3) is 0 Å². The van der Waals surface area contributed by atoms with Gasteiger partial charge < -0.3 is 14.9 Å². The molecule has 0 aliphatic carbocycles. The highest BCUT2D eigenvalue weighted by Crippen LogP contribution is 2.34. The molecule has 0 amide bonds. The van der Waals surface area contributed by atoms with Crippen LogP contribution in [-0.2, 0) is 7.05 Å². The second-order valence-corrected chi connectivity index (χ2v) is 3.85. The summed E-state index contributed by atoms with van der Waals surface area (Å²) in [5.41, 5.74) is 0.515. The second-order valence-electron chi connectivity index (χ2n) is 3.85. The van der Waals surface area contributed by atoms with E-state index in [2.05, 4.69) is 5.10 Å². The molecule has 1 aromatic heterocycles. The smallest absolute Gasteiger partial charge is 0.356 e. The minimum atomic E-state index is -1.18. The van der Waals surface area contributed by atoms with Crippen molar-refractivity contribution >= 4 is 5.97 Å². The fraction of sp³-hybridized carbons (Fsp3) is 0.167. The van der Waals surface area contributed by atoms with Crippen LogP contribution < -0.4 is 4.74 Å². The van der Waals surface area contributed by atoms with E-state index in [0.717, 1.165) is 6.07 Å². The van der Waals surface area contributed by atoms with Crippen molar-refractivity contribution in [2.75, 3.05) is 7.11 Å². The second kappa shape index (κ2) is 4.60. The zero-order valence-electron chi connectivity index (χ0n) is 10.2. The highest BCUT2D eigenvalue weighted by Gasteiger charge is 2.16. The van der Waals surface area contributed by atoms with Crippen LogP contribution >= 0.6 is 0 Å². The number of carboxylic acid groups (broad SMARTS) is 1. The van der Waals surface area contributed by atoms with Crippen LogP contribution in [0.2, 0.25) is 0 Å². The van der Waals surface area contributed by atoms with Crippen molar-refractivity contribution in [3.8, 4) is 22.8 Å². The Morgan fingerprint density at radius 3 is 2.58 bits per heavy atom. The lowest BCUT2D eigenvalue weighted by atomic mass is 10.1. The van der Waals surface area contributed by atoms with Crippen LogP contribution in [0.3, 0.4) is 0 Å². The van der Waals surface area contributed by atoms with Gasteiger partial charge in [-0.25, -0.2) is 9.18 Å². The number of phenols is 1. The van der Waals surface area contributed by atoms with E-state index in [-0.39, 0.29) is 17.2 Å². The zero-order chi connectivity index (χ0) is 14.2. The summed E-state index contributed by atoms with van der Waals surface area (Å²) in [5.74, 6) is -2.55. The topological polar surface area (TPSA) is 84.6 Å². The SMILES string of the molecule is COc1c(O)cc(-c2cc(C(=O)O)nn2C)cc1F.